The third-order valence-corrected chi connectivity index (χ3v) is 4.85. The molecule has 1 aliphatic rings. The van der Waals surface area contributed by atoms with Crippen molar-refractivity contribution >= 4 is 41.0 Å². The predicted octanol–water partition coefficient (Wildman–Crippen LogP) is 3.11. The summed E-state index contributed by atoms with van der Waals surface area (Å²) >= 11 is 0. The second-order valence-electron chi connectivity index (χ2n) is 7.12. The van der Waals surface area contributed by atoms with Gasteiger partial charge in [0.2, 0.25) is 0 Å². The number of guanidine groups is 1. The molecule has 3 rings (SSSR count). The molecule has 0 unspecified atom stereocenters. The van der Waals surface area contributed by atoms with Gasteiger partial charge in [-0.15, -0.1) is 24.0 Å². The molecule has 0 aliphatic carbocycles. The third-order valence-electron chi connectivity index (χ3n) is 4.85. The second-order valence-corrected chi connectivity index (χ2v) is 7.12. The molecule has 3 N–H and O–H groups in total. The van der Waals surface area contributed by atoms with E-state index in [1.54, 1.807) is 0 Å². The fourth-order valence-corrected chi connectivity index (χ4v) is 3.29. The van der Waals surface area contributed by atoms with Crippen LogP contribution in [0.3, 0.4) is 0 Å². The van der Waals surface area contributed by atoms with Crippen molar-refractivity contribution in [3.05, 3.63) is 30.1 Å². The number of aromatic amines is 1. The summed E-state index contributed by atoms with van der Waals surface area (Å²) in [6.45, 7) is 7.83. The van der Waals surface area contributed by atoms with Crippen LogP contribution in [-0.2, 0) is 15.9 Å². The molecule has 0 atom stereocenters. The molecule has 29 heavy (non-hydrogen) atoms. The van der Waals surface area contributed by atoms with E-state index in [-0.39, 0.29) is 24.0 Å². The first-order chi connectivity index (χ1) is 13.8. The van der Waals surface area contributed by atoms with Crippen molar-refractivity contribution in [2.45, 2.75) is 32.6 Å². The number of aliphatic imine (C=N–C) groups is 1. The fraction of sp³-hybridized carbons (Fsp3) is 0.619. The Hall–Kier alpha value is -1.39. The van der Waals surface area contributed by atoms with Crippen LogP contribution < -0.4 is 10.6 Å². The normalized spacial score (nSPS) is 15.3. The maximum Gasteiger partial charge on any atom is 0.191 e. The summed E-state index contributed by atoms with van der Waals surface area (Å²) in [5.41, 5.74) is 2.10. The predicted molar refractivity (Wildman–Crippen MR) is 128 cm³/mol. The molecule has 2 heterocycles. The minimum Gasteiger partial charge on any atom is -0.381 e. The average Bonchev–Trinajstić information content (AvgIpc) is 3.14. The molecule has 0 spiro atoms. The van der Waals surface area contributed by atoms with Crippen molar-refractivity contribution in [2.24, 2.45) is 10.9 Å². The van der Waals surface area contributed by atoms with E-state index in [9.17, 15) is 0 Å². The molecule has 1 aromatic heterocycles. The number of hydrogen-bond donors (Lipinski definition) is 3. The van der Waals surface area contributed by atoms with Crippen molar-refractivity contribution in [3.63, 3.8) is 0 Å². The zero-order valence-corrected chi connectivity index (χ0v) is 19.6. The van der Waals surface area contributed by atoms with Crippen LogP contribution in [0.1, 0.15) is 32.0 Å². The Labute approximate surface area is 190 Å². The number of aromatic nitrogens is 2. The number of imidazole rings is 1. The molecule has 0 radical (unpaired) electrons. The first-order valence-electron chi connectivity index (χ1n) is 10.5. The van der Waals surface area contributed by atoms with E-state index < -0.39 is 0 Å². The van der Waals surface area contributed by atoms with E-state index in [2.05, 4.69) is 38.6 Å². The van der Waals surface area contributed by atoms with Crippen LogP contribution in [0.15, 0.2) is 29.3 Å². The molecule has 1 saturated heterocycles. The van der Waals surface area contributed by atoms with Crippen molar-refractivity contribution in [2.75, 3.05) is 46.1 Å². The summed E-state index contributed by atoms with van der Waals surface area (Å²) < 4.78 is 11.2. The van der Waals surface area contributed by atoms with Crippen LogP contribution in [0, 0.1) is 5.92 Å². The minimum absolute atomic E-state index is 0. The molecule has 8 heteroatoms. The zero-order chi connectivity index (χ0) is 19.4. The standard InChI is InChI=1S/C21H33N5O2.HI/c1-2-22-21(23-11-5-13-28-16-17-9-14-27-15-10-17)24-12-8-20-25-18-6-3-4-7-19(18)26-20;/h3-4,6-7,17H,2,5,8-16H2,1H3,(H,25,26)(H2,22,23,24);1H. The highest BCUT2D eigenvalue weighted by atomic mass is 127. The number of ether oxygens (including phenoxy) is 2. The summed E-state index contributed by atoms with van der Waals surface area (Å²) in [5, 5.41) is 6.67. The van der Waals surface area contributed by atoms with Crippen molar-refractivity contribution in [1.82, 2.24) is 20.6 Å². The van der Waals surface area contributed by atoms with Gasteiger partial charge in [0.15, 0.2) is 5.96 Å². The van der Waals surface area contributed by atoms with Gasteiger partial charge in [-0.1, -0.05) is 12.1 Å². The average molecular weight is 515 g/mol. The highest BCUT2D eigenvalue weighted by Crippen LogP contribution is 2.14. The van der Waals surface area contributed by atoms with Gasteiger partial charge in [-0.25, -0.2) is 4.98 Å². The molecule has 1 aromatic carbocycles. The largest absolute Gasteiger partial charge is 0.381 e. The number of fused-ring (bicyclic) bond motifs is 1. The maximum atomic E-state index is 5.80. The van der Waals surface area contributed by atoms with Gasteiger partial charge in [0.1, 0.15) is 5.82 Å². The first kappa shape index (κ1) is 23.9. The molecule has 0 amide bonds. The van der Waals surface area contributed by atoms with E-state index in [0.717, 1.165) is 94.6 Å². The Balaban J connectivity index is 0.00000300. The summed E-state index contributed by atoms with van der Waals surface area (Å²) in [6.07, 6.45) is 4.01. The number of rotatable bonds is 10. The van der Waals surface area contributed by atoms with Crippen molar-refractivity contribution in [3.8, 4) is 0 Å². The molecule has 1 fully saturated rings. The van der Waals surface area contributed by atoms with Gasteiger partial charge in [-0.3, -0.25) is 4.99 Å². The minimum atomic E-state index is 0. The lowest BCUT2D eigenvalue weighted by atomic mass is 10.0. The van der Waals surface area contributed by atoms with E-state index >= 15 is 0 Å². The monoisotopic (exact) mass is 515 g/mol. The van der Waals surface area contributed by atoms with Crippen LogP contribution in [-0.4, -0.2) is 62.0 Å². The highest BCUT2D eigenvalue weighted by Gasteiger charge is 2.13. The van der Waals surface area contributed by atoms with Crippen LogP contribution in [0.2, 0.25) is 0 Å². The second kappa shape index (κ2) is 13.8. The summed E-state index contributed by atoms with van der Waals surface area (Å²) in [4.78, 5) is 12.6. The Bertz CT molecular complexity index is 698. The van der Waals surface area contributed by atoms with Crippen LogP contribution in [0.5, 0.6) is 0 Å². The van der Waals surface area contributed by atoms with Crippen molar-refractivity contribution in [1.29, 1.82) is 0 Å². The number of para-hydroxylation sites is 2. The molecule has 162 valence electrons. The summed E-state index contributed by atoms with van der Waals surface area (Å²) in [7, 11) is 0. The lowest BCUT2D eigenvalue weighted by molar-refractivity contribution is 0.0205. The quantitative estimate of drug-likeness (QED) is 0.196. The molecule has 1 aliphatic heterocycles. The molecule has 7 nitrogen and oxygen atoms in total. The number of nitrogens with one attached hydrogen (secondary N) is 3. The molecular formula is C21H34IN5O2. The van der Waals surface area contributed by atoms with Crippen LogP contribution in [0.4, 0.5) is 0 Å². The maximum absolute atomic E-state index is 5.80. The van der Waals surface area contributed by atoms with Gasteiger partial charge >= 0.3 is 0 Å². The summed E-state index contributed by atoms with van der Waals surface area (Å²) in [5.74, 6) is 2.50. The van der Waals surface area contributed by atoms with E-state index in [1.165, 1.54) is 0 Å². The van der Waals surface area contributed by atoms with Gasteiger partial charge in [0.05, 0.1) is 11.0 Å². The van der Waals surface area contributed by atoms with Gasteiger partial charge in [0, 0.05) is 52.5 Å². The number of nitrogens with zero attached hydrogens (tertiary/aromatic N) is 2. The summed E-state index contributed by atoms with van der Waals surface area (Å²) in [6, 6.07) is 8.10. The third kappa shape index (κ3) is 8.47. The number of H-pyrrole nitrogens is 1. The fourth-order valence-electron chi connectivity index (χ4n) is 3.29. The van der Waals surface area contributed by atoms with E-state index in [4.69, 9.17) is 9.47 Å². The van der Waals surface area contributed by atoms with Crippen LogP contribution in [0.25, 0.3) is 11.0 Å². The van der Waals surface area contributed by atoms with Crippen LogP contribution >= 0.6 is 24.0 Å². The van der Waals surface area contributed by atoms with Crippen molar-refractivity contribution < 1.29 is 9.47 Å². The van der Waals surface area contributed by atoms with Gasteiger partial charge in [-0.2, -0.15) is 0 Å². The zero-order valence-electron chi connectivity index (χ0n) is 17.3. The Morgan fingerprint density at radius 1 is 1.28 bits per heavy atom. The molecule has 0 saturated carbocycles. The topological polar surface area (TPSA) is 83.6 Å². The number of hydrogen-bond acceptors (Lipinski definition) is 4. The Kier molecular flexibility index (Phi) is 11.3. The Morgan fingerprint density at radius 3 is 2.90 bits per heavy atom. The Morgan fingerprint density at radius 2 is 2.10 bits per heavy atom. The number of halogens is 1. The first-order valence-corrected chi connectivity index (χ1v) is 10.5. The highest BCUT2D eigenvalue weighted by molar-refractivity contribution is 14.0. The van der Waals surface area contributed by atoms with E-state index in [0.29, 0.717) is 5.92 Å². The lowest BCUT2D eigenvalue weighted by Gasteiger charge is -2.21. The van der Waals surface area contributed by atoms with Gasteiger partial charge in [0.25, 0.3) is 0 Å². The van der Waals surface area contributed by atoms with E-state index in [1.807, 2.05) is 18.2 Å². The number of benzene rings is 1. The van der Waals surface area contributed by atoms with Gasteiger partial charge in [-0.05, 0) is 44.2 Å². The molecular weight excluding hydrogens is 481 g/mol. The SMILES string of the molecule is CCNC(=NCCCOCC1CCOCC1)NCCc1nc2ccccc2[nH]1.I. The molecule has 0 bridgehead atoms. The smallest absolute Gasteiger partial charge is 0.191 e. The lowest BCUT2D eigenvalue weighted by Crippen LogP contribution is -2.38. The molecule has 2 aromatic rings. The van der Waals surface area contributed by atoms with Gasteiger partial charge < -0.3 is 25.1 Å².